The van der Waals surface area contributed by atoms with Crippen LogP contribution in [0, 0.1) is 0 Å². The zero-order chi connectivity index (χ0) is 7.82. The highest BCUT2D eigenvalue weighted by Crippen LogP contribution is 1.93. The fourth-order valence-corrected chi connectivity index (χ4v) is 0.478. The van der Waals surface area contributed by atoms with Crippen molar-refractivity contribution in [2.75, 3.05) is 19.8 Å². The van der Waals surface area contributed by atoms with Crippen molar-refractivity contribution < 1.29 is 20.1 Å². The zero-order valence-electron chi connectivity index (χ0n) is 5.86. The van der Waals surface area contributed by atoms with Crippen molar-refractivity contribution in [3.8, 4) is 0 Å². The molecule has 0 aromatic carbocycles. The molecule has 0 heterocycles. The topological polar surface area (TPSA) is 69.9 Å². The van der Waals surface area contributed by atoms with Crippen LogP contribution in [0.1, 0.15) is 12.8 Å². The summed E-state index contributed by atoms with van der Waals surface area (Å²) >= 11 is 0. The highest BCUT2D eigenvalue weighted by Gasteiger charge is 2.00. The SMILES string of the molecule is OCCCOC(O)CCO. The molecule has 0 saturated carbocycles. The van der Waals surface area contributed by atoms with Gasteiger partial charge in [0, 0.05) is 19.6 Å². The first-order chi connectivity index (χ1) is 4.81. The molecule has 0 radical (unpaired) electrons. The summed E-state index contributed by atoms with van der Waals surface area (Å²) in [4.78, 5) is 0. The Kier molecular flexibility index (Phi) is 6.84. The lowest BCUT2D eigenvalue weighted by molar-refractivity contribution is -0.111. The van der Waals surface area contributed by atoms with Crippen molar-refractivity contribution in [1.82, 2.24) is 0 Å². The Morgan fingerprint density at radius 2 is 1.90 bits per heavy atom. The van der Waals surface area contributed by atoms with E-state index < -0.39 is 6.29 Å². The summed E-state index contributed by atoms with van der Waals surface area (Å²) < 4.78 is 4.76. The molecule has 0 aliphatic heterocycles. The van der Waals surface area contributed by atoms with Gasteiger partial charge in [0.1, 0.15) is 0 Å². The highest BCUT2D eigenvalue weighted by atomic mass is 16.6. The lowest BCUT2D eigenvalue weighted by atomic mass is 10.4. The number of hydrogen-bond donors (Lipinski definition) is 3. The number of aliphatic hydroxyl groups excluding tert-OH is 3. The van der Waals surface area contributed by atoms with E-state index in [-0.39, 0.29) is 19.6 Å². The lowest BCUT2D eigenvalue weighted by Crippen LogP contribution is -2.14. The van der Waals surface area contributed by atoms with Crippen LogP contribution in [0.4, 0.5) is 0 Å². The van der Waals surface area contributed by atoms with Gasteiger partial charge in [-0.2, -0.15) is 0 Å². The van der Waals surface area contributed by atoms with Gasteiger partial charge in [-0.3, -0.25) is 0 Å². The number of rotatable bonds is 6. The fourth-order valence-electron chi connectivity index (χ4n) is 0.478. The van der Waals surface area contributed by atoms with Gasteiger partial charge in [-0.25, -0.2) is 0 Å². The van der Waals surface area contributed by atoms with Gasteiger partial charge in [-0.05, 0) is 6.42 Å². The van der Waals surface area contributed by atoms with E-state index in [2.05, 4.69) is 0 Å². The van der Waals surface area contributed by atoms with Crippen LogP contribution in [0.25, 0.3) is 0 Å². The van der Waals surface area contributed by atoms with Crippen LogP contribution in [-0.2, 0) is 4.74 Å². The Hall–Kier alpha value is -0.160. The monoisotopic (exact) mass is 150 g/mol. The Labute approximate surface area is 60.1 Å². The third-order valence-electron chi connectivity index (χ3n) is 0.989. The molecule has 0 fully saturated rings. The predicted octanol–water partition coefficient (Wildman–Crippen LogP) is -0.914. The molecular weight excluding hydrogens is 136 g/mol. The Bertz CT molecular complexity index is 66.8. The van der Waals surface area contributed by atoms with E-state index >= 15 is 0 Å². The second-order valence-corrected chi connectivity index (χ2v) is 1.91. The first-order valence-electron chi connectivity index (χ1n) is 3.32. The van der Waals surface area contributed by atoms with E-state index in [9.17, 15) is 0 Å². The molecule has 1 atom stereocenters. The van der Waals surface area contributed by atoms with Crippen LogP contribution in [0.15, 0.2) is 0 Å². The Morgan fingerprint density at radius 1 is 1.20 bits per heavy atom. The van der Waals surface area contributed by atoms with E-state index in [0.29, 0.717) is 13.0 Å². The summed E-state index contributed by atoms with van der Waals surface area (Å²) in [5.41, 5.74) is 0. The Morgan fingerprint density at radius 3 is 2.40 bits per heavy atom. The van der Waals surface area contributed by atoms with Crippen LogP contribution in [0.2, 0.25) is 0 Å². The summed E-state index contributed by atoms with van der Waals surface area (Å²) in [5, 5.41) is 25.4. The van der Waals surface area contributed by atoms with Crippen LogP contribution < -0.4 is 0 Å². The molecule has 3 N–H and O–H groups in total. The van der Waals surface area contributed by atoms with Gasteiger partial charge in [0.15, 0.2) is 6.29 Å². The van der Waals surface area contributed by atoms with Crippen molar-refractivity contribution >= 4 is 0 Å². The van der Waals surface area contributed by atoms with Crippen molar-refractivity contribution in [1.29, 1.82) is 0 Å². The summed E-state index contributed by atoms with van der Waals surface area (Å²) in [5.74, 6) is 0. The molecule has 4 nitrogen and oxygen atoms in total. The van der Waals surface area contributed by atoms with E-state index in [1.54, 1.807) is 0 Å². The number of hydrogen-bond acceptors (Lipinski definition) is 4. The molecule has 62 valence electrons. The smallest absolute Gasteiger partial charge is 0.156 e. The molecule has 0 rings (SSSR count). The third kappa shape index (κ3) is 5.97. The van der Waals surface area contributed by atoms with Crippen molar-refractivity contribution in [2.45, 2.75) is 19.1 Å². The maximum Gasteiger partial charge on any atom is 0.156 e. The molecular formula is C6H14O4. The average molecular weight is 150 g/mol. The zero-order valence-corrected chi connectivity index (χ0v) is 5.86. The minimum Gasteiger partial charge on any atom is -0.396 e. The fraction of sp³-hybridized carbons (Fsp3) is 1.00. The van der Waals surface area contributed by atoms with Crippen LogP contribution in [0.3, 0.4) is 0 Å². The number of ether oxygens (including phenoxy) is 1. The molecule has 10 heavy (non-hydrogen) atoms. The van der Waals surface area contributed by atoms with Gasteiger partial charge in [0.05, 0.1) is 6.61 Å². The maximum atomic E-state index is 8.81. The molecule has 0 saturated heterocycles. The first-order valence-corrected chi connectivity index (χ1v) is 3.32. The summed E-state index contributed by atoms with van der Waals surface area (Å²) in [6, 6.07) is 0. The first kappa shape index (κ1) is 9.84. The van der Waals surface area contributed by atoms with Crippen LogP contribution in [0.5, 0.6) is 0 Å². The molecule has 1 unspecified atom stereocenters. The number of aliphatic hydroxyl groups is 3. The van der Waals surface area contributed by atoms with Gasteiger partial charge in [0.25, 0.3) is 0 Å². The van der Waals surface area contributed by atoms with E-state index in [1.165, 1.54) is 0 Å². The second kappa shape index (κ2) is 6.95. The van der Waals surface area contributed by atoms with Crippen molar-refractivity contribution in [3.63, 3.8) is 0 Å². The molecule has 0 amide bonds. The van der Waals surface area contributed by atoms with Gasteiger partial charge < -0.3 is 20.1 Å². The molecule has 0 aliphatic rings. The third-order valence-corrected chi connectivity index (χ3v) is 0.989. The standard InChI is InChI=1S/C6H14O4/c7-3-1-5-10-6(9)2-4-8/h6-9H,1-5H2. The summed E-state index contributed by atoms with van der Waals surface area (Å²) in [7, 11) is 0. The molecule has 0 bridgehead atoms. The lowest BCUT2D eigenvalue weighted by Gasteiger charge is -2.08. The predicted molar refractivity (Wildman–Crippen MR) is 35.4 cm³/mol. The molecule has 4 heteroatoms. The van der Waals surface area contributed by atoms with Gasteiger partial charge >= 0.3 is 0 Å². The molecule has 0 aromatic heterocycles. The normalized spacial score (nSPS) is 13.5. The molecule has 0 aliphatic carbocycles. The van der Waals surface area contributed by atoms with Crippen LogP contribution >= 0.6 is 0 Å². The van der Waals surface area contributed by atoms with E-state index in [4.69, 9.17) is 20.1 Å². The van der Waals surface area contributed by atoms with E-state index in [0.717, 1.165) is 0 Å². The van der Waals surface area contributed by atoms with Gasteiger partial charge in [-0.15, -0.1) is 0 Å². The second-order valence-electron chi connectivity index (χ2n) is 1.91. The minimum absolute atomic E-state index is 0.0614. The van der Waals surface area contributed by atoms with E-state index in [1.807, 2.05) is 0 Å². The summed E-state index contributed by atoms with van der Waals surface area (Å²) in [6.07, 6.45) is -0.148. The highest BCUT2D eigenvalue weighted by molar-refractivity contribution is 4.39. The quantitative estimate of drug-likeness (QED) is 0.338. The van der Waals surface area contributed by atoms with Crippen molar-refractivity contribution in [2.24, 2.45) is 0 Å². The Balaban J connectivity index is 2.97. The molecule has 0 aromatic rings. The summed E-state index contributed by atoms with van der Waals surface area (Å²) in [6.45, 7) is 0.309. The van der Waals surface area contributed by atoms with Crippen molar-refractivity contribution in [3.05, 3.63) is 0 Å². The minimum atomic E-state index is -0.892. The van der Waals surface area contributed by atoms with Gasteiger partial charge in [0.2, 0.25) is 0 Å². The largest absolute Gasteiger partial charge is 0.396 e. The average Bonchev–Trinajstić information content (AvgIpc) is 1.89. The van der Waals surface area contributed by atoms with Crippen LogP contribution in [-0.4, -0.2) is 41.4 Å². The molecule has 0 spiro atoms. The maximum absolute atomic E-state index is 8.81. The van der Waals surface area contributed by atoms with Gasteiger partial charge in [-0.1, -0.05) is 0 Å².